The molecular formula is C23H20N2O4S2. The molecule has 0 unspecified atom stereocenters. The van der Waals surface area contributed by atoms with E-state index in [1.54, 1.807) is 47.7 Å². The first-order valence-corrected chi connectivity index (χ1v) is 12.0. The molecule has 0 amide bonds. The molecule has 8 heteroatoms. The molecule has 31 heavy (non-hydrogen) atoms. The fourth-order valence-electron chi connectivity index (χ4n) is 3.13. The maximum atomic E-state index is 12.5. The summed E-state index contributed by atoms with van der Waals surface area (Å²) in [5, 5.41) is 0.890. The van der Waals surface area contributed by atoms with Crippen molar-refractivity contribution in [2.75, 3.05) is 11.8 Å². The summed E-state index contributed by atoms with van der Waals surface area (Å²) in [5.74, 6) is -0.663. The smallest absolute Gasteiger partial charge is 0.337 e. The normalized spacial score (nSPS) is 11.4. The topological polar surface area (TPSA) is 85.4 Å². The number of carbonyl (C=O) groups excluding carboxylic acids is 1. The number of hydrogen-bond acceptors (Lipinski definition) is 6. The average Bonchev–Trinajstić information content (AvgIpc) is 3.17. The Balaban J connectivity index is 1.46. The zero-order chi connectivity index (χ0) is 22.0. The molecule has 0 aliphatic heterocycles. The van der Waals surface area contributed by atoms with E-state index in [4.69, 9.17) is 0 Å². The summed E-state index contributed by atoms with van der Waals surface area (Å²) >= 11 is 1.61. The fourth-order valence-corrected chi connectivity index (χ4v) is 5.39. The Kier molecular flexibility index (Phi) is 5.75. The summed E-state index contributed by atoms with van der Waals surface area (Å²) in [7, 11) is -2.31. The lowest BCUT2D eigenvalue weighted by atomic mass is 10.1. The van der Waals surface area contributed by atoms with Gasteiger partial charge in [-0.15, -0.1) is 11.3 Å². The quantitative estimate of drug-likeness (QED) is 0.416. The number of esters is 1. The van der Waals surface area contributed by atoms with Gasteiger partial charge in [0.1, 0.15) is 5.01 Å². The molecule has 4 aromatic rings. The molecule has 4 rings (SSSR count). The van der Waals surface area contributed by atoms with E-state index in [9.17, 15) is 13.2 Å². The number of ether oxygens (including phenoxy) is 1. The minimum Gasteiger partial charge on any atom is -0.465 e. The highest BCUT2D eigenvalue weighted by Gasteiger charge is 2.14. The second kappa shape index (κ2) is 8.49. The molecule has 0 saturated heterocycles. The summed E-state index contributed by atoms with van der Waals surface area (Å²) in [6.45, 7) is 2.05. The van der Waals surface area contributed by atoms with E-state index in [2.05, 4.69) is 20.5 Å². The predicted molar refractivity (Wildman–Crippen MR) is 124 cm³/mol. The molecule has 0 bridgehead atoms. The van der Waals surface area contributed by atoms with Crippen LogP contribution in [0.5, 0.6) is 0 Å². The molecule has 1 N–H and O–H groups in total. The van der Waals surface area contributed by atoms with Gasteiger partial charge in [-0.1, -0.05) is 18.2 Å². The van der Waals surface area contributed by atoms with Crippen LogP contribution in [0.1, 0.15) is 21.5 Å². The molecule has 3 aromatic carbocycles. The van der Waals surface area contributed by atoms with Crippen molar-refractivity contribution < 1.29 is 17.9 Å². The van der Waals surface area contributed by atoms with Crippen molar-refractivity contribution in [1.82, 2.24) is 4.98 Å². The molecule has 0 atom stereocenters. The van der Waals surface area contributed by atoms with Gasteiger partial charge in [-0.25, -0.2) is 18.2 Å². The predicted octanol–water partition coefficient (Wildman–Crippen LogP) is 5.00. The van der Waals surface area contributed by atoms with Gasteiger partial charge in [0.25, 0.3) is 0 Å². The maximum absolute atomic E-state index is 12.5. The number of aryl methyl sites for hydroxylation is 1. The van der Waals surface area contributed by atoms with E-state index in [1.165, 1.54) is 12.7 Å². The SMILES string of the molecule is COC(=O)c1ccc(CS(=O)(=O)Nc2ccc(-c3nc4ccc(C)cc4s3)cc2)cc1. The number of benzene rings is 3. The first-order valence-electron chi connectivity index (χ1n) is 9.48. The van der Waals surface area contributed by atoms with Gasteiger partial charge in [0.05, 0.1) is 28.6 Å². The third-order valence-electron chi connectivity index (χ3n) is 4.68. The number of hydrogen-bond donors (Lipinski definition) is 1. The highest BCUT2D eigenvalue weighted by atomic mass is 32.2. The Hall–Kier alpha value is -3.23. The highest BCUT2D eigenvalue weighted by Crippen LogP contribution is 2.31. The number of aromatic nitrogens is 1. The molecule has 0 aliphatic carbocycles. The van der Waals surface area contributed by atoms with Crippen molar-refractivity contribution >= 4 is 43.2 Å². The first-order chi connectivity index (χ1) is 14.8. The highest BCUT2D eigenvalue weighted by molar-refractivity contribution is 7.91. The van der Waals surface area contributed by atoms with E-state index in [0.717, 1.165) is 20.8 Å². The summed E-state index contributed by atoms with van der Waals surface area (Å²) < 4.78 is 33.4. The summed E-state index contributed by atoms with van der Waals surface area (Å²) in [5.41, 5.74) is 4.49. The second-order valence-electron chi connectivity index (χ2n) is 7.12. The van der Waals surface area contributed by atoms with Gasteiger partial charge in [-0.3, -0.25) is 4.72 Å². The molecule has 0 spiro atoms. The zero-order valence-corrected chi connectivity index (χ0v) is 18.6. The zero-order valence-electron chi connectivity index (χ0n) is 17.0. The molecule has 1 heterocycles. The lowest BCUT2D eigenvalue weighted by Crippen LogP contribution is -2.15. The number of methoxy groups -OCH3 is 1. The van der Waals surface area contributed by atoms with Gasteiger partial charge in [0, 0.05) is 11.3 Å². The van der Waals surface area contributed by atoms with Gasteiger partial charge < -0.3 is 4.74 Å². The Morgan fingerprint density at radius 1 is 1.03 bits per heavy atom. The molecule has 6 nitrogen and oxygen atoms in total. The Morgan fingerprint density at radius 2 is 1.74 bits per heavy atom. The molecule has 0 saturated carbocycles. The molecular weight excluding hydrogens is 432 g/mol. The third-order valence-corrected chi connectivity index (χ3v) is 7.01. The number of carbonyl (C=O) groups is 1. The maximum Gasteiger partial charge on any atom is 0.337 e. The second-order valence-corrected chi connectivity index (χ2v) is 9.87. The van der Waals surface area contributed by atoms with Crippen LogP contribution in [0.4, 0.5) is 5.69 Å². The van der Waals surface area contributed by atoms with E-state index >= 15 is 0 Å². The van der Waals surface area contributed by atoms with E-state index < -0.39 is 16.0 Å². The molecule has 0 radical (unpaired) electrons. The van der Waals surface area contributed by atoms with E-state index in [-0.39, 0.29) is 5.75 Å². The Labute approximate surface area is 184 Å². The van der Waals surface area contributed by atoms with Gasteiger partial charge in [-0.2, -0.15) is 0 Å². The van der Waals surface area contributed by atoms with Gasteiger partial charge >= 0.3 is 5.97 Å². The van der Waals surface area contributed by atoms with Crippen LogP contribution < -0.4 is 4.72 Å². The third kappa shape index (κ3) is 4.92. The van der Waals surface area contributed by atoms with Gasteiger partial charge in [-0.05, 0) is 66.6 Å². The van der Waals surface area contributed by atoms with E-state index in [1.807, 2.05) is 31.2 Å². The number of rotatable bonds is 6. The van der Waals surface area contributed by atoms with Crippen LogP contribution in [0.3, 0.4) is 0 Å². The van der Waals surface area contributed by atoms with Gasteiger partial charge in [0.15, 0.2) is 0 Å². The number of sulfonamides is 1. The minimum atomic E-state index is -3.61. The lowest BCUT2D eigenvalue weighted by molar-refractivity contribution is 0.0600. The molecule has 1 aromatic heterocycles. The van der Waals surface area contributed by atoms with Crippen molar-refractivity contribution in [1.29, 1.82) is 0 Å². The van der Waals surface area contributed by atoms with Gasteiger partial charge in [0.2, 0.25) is 10.0 Å². The Bertz CT molecular complexity index is 1340. The number of fused-ring (bicyclic) bond motifs is 1. The first kappa shape index (κ1) is 21.0. The van der Waals surface area contributed by atoms with Crippen LogP contribution in [0.15, 0.2) is 66.7 Å². The molecule has 158 valence electrons. The number of nitrogens with one attached hydrogen (secondary N) is 1. The lowest BCUT2D eigenvalue weighted by Gasteiger charge is -2.09. The van der Waals surface area contributed by atoms with Crippen molar-refractivity contribution in [3.8, 4) is 10.6 Å². The largest absolute Gasteiger partial charge is 0.465 e. The summed E-state index contributed by atoms with van der Waals surface area (Å²) in [4.78, 5) is 16.1. The Morgan fingerprint density at radius 3 is 2.42 bits per heavy atom. The molecule has 0 aliphatic rings. The average molecular weight is 453 g/mol. The summed E-state index contributed by atoms with van der Waals surface area (Å²) in [6.07, 6.45) is 0. The fraction of sp³-hybridized carbons (Fsp3) is 0.130. The van der Waals surface area contributed by atoms with Crippen LogP contribution in [-0.4, -0.2) is 26.5 Å². The standard InChI is InChI=1S/C23H20N2O4S2/c1-15-3-12-20-21(13-15)30-22(24-20)17-8-10-19(11-9-17)25-31(27,28)14-16-4-6-18(7-5-16)23(26)29-2/h3-13,25H,14H2,1-2H3. The van der Waals surface area contributed by atoms with Crippen LogP contribution in [0.2, 0.25) is 0 Å². The van der Waals surface area contributed by atoms with E-state index in [0.29, 0.717) is 16.8 Å². The van der Waals surface area contributed by atoms with Crippen LogP contribution in [-0.2, 0) is 20.5 Å². The van der Waals surface area contributed by atoms with Crippen molar-refractivity contribution in [2.24, 2.45) is 0 Å². The number of nitrogens with zero attached hydrogens (tertiary/aromatic N) is 1. The minimum absolute atomic E-state index is 0.201. The number of anilines is 1. The molecule has 0 fully saturated rings. The number of thiazole rings is 1. The summed E-state index contributed by atoms with van der Waals surface area (Å²) in [6, 6.07) is 19.6. The van der Waals surface area contributed by atoms with Crippen LogP contribution in [0.25, 0.3) is 20.8 Å². The van der Waals surface area contributed by atoms with Crippen LogP contribution in [0, 0.1) is 6.92 Å². The van der Waals surface area contributed by atoms with Crippen LogP contribution >= 0.6 is 11.3 Å². The van der Waals surface area contributed by atoms with Crippen molar-refractivity contribution in [2.45, 2.75) is 12.7 Å². The van der Waals surface area contributed by atoms with Crippen molar-refractivity contribution in [3.05, 3.63) is 83.4 Å². The monoisotopic (exact) mass is 452 g/mol. The van der Waals surface area contributed by atoms with Crippen molar-refractivity contribution in [3.63, 3.8) is 0 Å².